The summed E-state index contributed by atoms with van der Waals surface area (Å²) >= 11 is 0. The third-order valence-electron chi connectivity index (χ3n) is 4.51. The lowest BCUT2D eigenvalue weighted by atomic mass is 9.92. The van der Waals surface area contributed by atoms with E-state index in [9.17, 15) is 14.6 Å². The maximum atomic E-state index is 11.9. The standard InChI is InChI=1S/C15H21N4O4P/c1-23-15-13-11(9-16-18-14(13)20)8-12(17-15)3-2-10-4-6-19(7-5-10)24(21)22/h8-10,21-22H,2-7H2,1H3,(H,18,20). The molecule has 24 heavy (non-hydrogen) atoms. The van der Waals surface area contributed by atoms with E-state index in [1.807, 2.05) is 6.07 Å². The third-order valence-corrected chi connectivity index (χ3v) is 5.42. The SMILES string of the molecule is COc1nc(CCC2CCN(P(O)O)CC2)cc2cn[nH]c(=O)c12. The molecule has 1 fully saturated rings. The van der Waals surface area contributed by atoms with Gasteiger partial charge in [0.05, 0.1) is 13.3 Å². The van der Waals surface area contributed by atoms with Crippen LogP contribution >= 0.6 is 8.53 Å². The number of fused-ring (bicyclic) bond motifs is 1. The van der Waals surface area contributed by atoms with Crippen molar-refractivity contribution < 1.29 is 14.5 Å². The van der Waals surface area contributed by atoms with Gasteiger partial charge in [0.15, 0.2) is 0 Å². The van der Waals surface area contributed by atoms with Gasteiger partial charge in [0, 0.05) is 24.2 Å². The molecule has 130 valence electrons. The van der Waals surface area contributed by atoms with Crippen molar-refractivity contribution in [1.82, 2.24) is 19.9 Å². The van der Waals surface area contributed by atoms with Gasteiger partial charge in [-0.3, -0.25) is 4.79 Å². The highest BCUT2D eigenvalue weighted by molar-refractivity contribution is 7.42. The lowest BCUT2D eigenvalue weighted by Gasteiger charge is -2.31. The molecular formula is C15H21N4O4P. The molecule has 0 bridgehead atoms. The average molecular weight is 352 g/mol. The number of aromatic amines is 1. The Balaban J connectivity index is 1.69. The summed E-state index contributed by atoms with van der Waals surface area (Å²) in [5, 5.41) is 7.37. The summed E-state index contributed by atoms with van der Waals surface area (Å²) in [4.78, 5) is 34.8. The Morgan fingerprint density at radius 2 is 2.17 bits per heavy atom. The van der Waals surface area contributed by atoms with Crippen LogP contribution in [0.25, 0.3) is 10.8 Å². The van der Waals surface area contributed by atoms with E-state index in [0.717, 1.165) is 49.9 Å². The lowest BCUT2D eigenvalue weighted by Crippen LogP contribution is -2.29. The molecular weight excluding hydrogens is 331 g/mol. The van der Waals surface area contributed by atoms with Gasteiger partial charge in [0.1, 0.15) is 5.39 Å². The predicted molar refractivity (Wildman–Crippen MR) is 90.7 cm³/mol. The number of H-pyrrole nitrogens is 1. The van der Waals surface area contributed by atoms with Crippen LogP contribution < -0.4 is 10.3 Å². The van der Waals surface area contributed by atoms with Crippen molar-refractivity contribution in [1.29, 1.82) is 0 Å². The number of aromatic nitrogens is 3. The minimum Gasteiger partial charge on any atom is -0.480 e. The smallest absolute Gasteiger partial charge is 0.277 e. The Bertz CT molecular complexity index is 759. The number of methoxy groups -OCH3 is 1. The van der Waals surface area contributed by atoms with Crippen molar-refractivity contribution >= 4 is 19.3 Å². The number of ether oxygens (including phenoxy) is 1. The zero-order chi connectivity index (χ0) is 17.1. The van der Waals surface area contributed by atoms with Crippen LogP contribution in [-0.2, 0) is 6.42 Å². The van der Waals surface area contributed by atoms with Crippen molar-refractivity contribution in [3.8, 4) is 5.88 Å². The van der Waals surface area contributed by atoms with Crippen molar-refractivity contribution in [2.75, 3.05) is 20.2 Å². The second-order valence-corrected chi connectivity index (χ2v) is 7.09. The minimum atomic E-state index is -1.96. The Morgan fingerprint density at radius 3 is 2.83 bits per heavy atom. The highest BCUT2D eigenvalue weighted by atomic mass is 31.2. The van der Waals surface area contributed by atoms with Crippen LogP contribution in [0.3, 0.4) is 0 Å². The molecule has 0 amide bonds. The maximum absolute atomic E-state index is 11.9. The van der Waals surface area contributed by atoms with Crippen LogP contribution in [0.1, 0.15) is 25.0 Å². The summed E-state index contributed by atoms with van der Waals surface area (Å²) in [7, 11) is -0.452. The van der Waals surface area contributed by atoms with Crippen LogP contribution in [0.5, 0.6) is 5.88 Å². The van der Waals surface area contributed by atoms with E-state index in [1.54, 1.807) is 10.9 Å². The summed E-state index contributed by atoms with van der Waals surface area (Å²) in [6, 6.07) is 1.88. The lowest BCUT2D eigenvalue weighted by molar-refractivity contribution is 0.239. The first-order valence-electron chi connectivity index (χ1n) is 7.92. The van der Waals surface area contributed by atoms with Crippen molar-refractivity contribution in [2.45, 2.75) is 25.7 Å². The molecule has 1 aliphatic rings. The van der Waals surface area contributed by atoms with Crippen LogP contribution in [0, 0.1) is 5.92 Å². The first-order chi connectivity index (χ1) is 11.6. The first-order valence-corrected chi connectivity index (χ1v) is 9.12. The molecule has 3 N–H and O–H groups in total. The summed E-state index contributed by atoms with van der Waals surface area (Å²) in [6.07, 6.45) is 5.27. The van der Waals surface area contributed by atoms with Crippen LogP contribution in [-0.4, -0.2) is 49.8 Å². The molecule has 0 aliphatic carbocycles. The molecule has 2 aromatic heterocycles. The van der Waals surface area contributed by atoms with Gasteiger partial charge in [-0.25, -0.2) is 14.8 Å². The summed E-state index contributed by atoms with van der Waals surface area (Å²) in [6.45, 7) is 1.44. The van der Waals surface area contributed by atoms with Crippen molar-refractivity contribution in [3.05, 3.63) is 28.3 Å². The molecule has 9 heteroatoms. The minimum absolute atomic E-state index is 0.305. The second kappa shape index (κ2) is 7.53. The van der Waals surface area contributed by atoms with Crippen molar-refractivity contribution in [3.63, 3.8) is 0 Å². The summed E-state index contributed by atoms with van der Waals surface area (Å²) in [5.41, 5.74) is 0.570. The molecule has 0 radical (unpaired) electrons. The largest absolute Gasteiger partial charge is 0.480 e. The molecule has 0 unspecified atom stereocenters. The molecule has 0 spiro atoms. The monoisotopic (exact) mass is 352 g/mol. The molecule has 3 heterocycles. The summed E-state index contributed by atoms with van der Waals surface area (Å²) in [5.74, 6) is 0.865. The topological polar surface area (TPSA) is 112 Å². The van der Waals surface area contributed by atoms with Gasteiger partial charge in [0.25, 0.3) is 14.1 Å². The quantitative estimate of drug-likeness (QED) is 0.693. The van der Waals surface area contributed by atoms with Gasteiger partial charge in [-0.15, -0.1) is 0 Å². The predicted octanol–water partition coefficient (Wildman–Crippen LogP) is 1.18. The average Bonchev–Trinajstić information content (AvgIpc) is 2.59. The van der Waals surface area contributed by atoms with E-state index in [1.165, 1.54) is 7.11 Å². The van der Waals surface area contributed by atoms with E-state index in [4.69, 9.17) is 4.74 Å². The van der Waals surface area contributed by atoms with Gasteiger partial charge in [-0.05, 0) is 37.7 Å². The third kappa shape index (κ3) is 3.72. The Labute approximate surface area is 140 Å². The highest BCUT2D eigenvalue weighted by Crippen LogP contribution is 2.35. The number of nitrogens with one attached hydrogen (secondary N) is 1. The van der Waals surface area contributed by atoms with E-state index >= 15 is 0 Å². The van der Waals surface area contributed by atoms with Crippen LogP contribution in [0.4, 0.5) is 0 Å². The Morgan fingerprint density at radius 1 is 1.42 bits per heavy atom. The molecule has 0 aromatic carbocycles. The van der Waals surface area contributed by atoms with Gasteiger partial charge in [-0.2, -0.15) is 5.10 Å². The van der Waals surface area contributed by atoms with E-state index < -0.39 is 8.53 Å². The molecule has 1 aliphatic heterocycles. The van der Waals surface area contributed by atoms with Crippen LogP contribution in [0.15, 0.2) is 17.1 Å². The van der Waals surface area contributed by atoms with Gasteiger partial charge >= 0.3 is 0 Å². The molecule has 8 nitrogen and oxygen atoms in total. The number of aryl methyl sites for hydroxylation is 1. The fraction of sp³-hybridized carbons (Fsp3) is 0.533. The van der Waals surface area contributed by atoms with Gasteiger partial charge in [0.2, 0.25) is 5.88 Å². The highest BCUT2D eigenvalue weighted by Gasteiger charge is 2.23. The Hall–Kier alpha value is -1.60. The molecule has 3 rings (SSSR count). The normalized spacial score (nSPS) is 16.8. The zero-order valence-electron chi connectivity index (χ0n) is 13.5. The molecule has 2 aromatic rings. The summed E-state index contributed by atoms with van der Waals surface area (Å²) < 4.78 is 6.99. The molecule has 1 saturated heterocycles. The number of hydrogen-bond donors (Lipinski definition) is 3. The van der Waals surface area contributed by atoms with Crippen LogP contribution in [0.2, 0.25) is 0 Å². The van der Waals surface area contributed by atoms with E-state index in [2.05, 4.69) is 15.2 Å². The fourth-order valence-corrected chi connectivity index (χ4v) is 3.74. The Kier molecular flexibility index (Phi) is 5.40. The number of piperidine rings is 1. The van der Waals surface area contributed by atoms with Crippen molar-refractivity contribution in [2.24, 2.45) is 5.92 Å². The second-order valence-electron chi connectivity index (χ2n) is 5.99. The molecule has 0 saturated carbocycles. The fourth-order valence-electron chi connectivity index (χ4n) is 3.15. The van der Waals surface area contributed by atoms with E-state index in [-0.39, 0.29) is 5.56 Å². The number of hydrogen-bond acceptors (Lipinski definition) is 7. The van der Waals surface area contributed by atoms with Gasteiger partial charge < -0.3 is 14.5 Å². The number of nitrogens with zero attached hydrogens (tertiary/aromatic N) is 3. The number of rotatable bonds is 5. The van der Waals surface area contributed by atoms with Gasteiger partial charge in [-0.1, -0.05) is 0 Å². The molecule has 0 atom stereocenters. The maximum Gasteiger partial charge on any atom is 0.277 e. The van der Waals surface area contributed by atoms with E-state index in [0.29, 0.717) is 17.2 Å². The zero-order valence-corrected chi connectivity index (χ0v) is 14.4. The number of pyridine rings is 1. The first kappa shape index (κ1) is 17.2.